The van der Waals surface area contributed by atoms with E-state index < -0.39 is 5.97 Å². The zero-order valence-corrected chi connectivity index (χ0v) is 10.1. The molecule has 0 aromatic rings. The van der Waals surface area contributed by atoms with E-state index in [9.17, 15) is 9.59 Å². The third-order valence-corrected chi connectivity index (χ3v) is 3.13. The van der Waals surface area contributed by atoms with Gasteiger partial charge in [0.05, 0.1) is 6.42 Å². The predicted molar refractivity (Wildman–Crippen MR) is 65.5 cm³/mol. The van der Waals surface area contributed by atoms with Crippen LogP contribution in [0.5, 0.6) is 0 Å². The summed E-state index contributed by atoms with van der Waals surface area (Å²) in [5, 5.41) is 11.6. The first-order valence-corrected chi connectivity index (χ1v) is 5.87. The number of carboxylic acid groups (broad SMARTS) is 1. The highest BCUT2D eigenvalue weighted by molar-refractivity contribution is 5.87. The first kappa shape index (κ1) is 13.5. The summed E-state index contributed by atoms with van der Waals surface area (Å²) in [4.78, 5) is 22.1. The van der Waals surface area contributed by atoms with Gasteiger partial charge in [0.2, 0.25) is 5.91 Å². The fourth-order valence-corrected chi connectivity index (χ4v) is 2.00. The van der Waals surface area contributed by atoms with E-state index in [2.05, 4.69) is 5.32 Å². The minimum atomic E-state index is -0.789. The van der Waals surface area contributed by atoms with Crippen molar-refractivity contribution in [3.05, 3.63) is 24.3 Å². The topological polar surface area (TPSA) is 66.4 Å². The Kier molecular flexibility index (Phi) is 4.94. The van der Waals surface area contributed by atoms with Gasteiger partial charge in [0.15, 0.2) is 0 Å². The van der Waals surface area contributed by atoms with Crippen molar-refractivity contribution in [2.75, 3.05) is 6.54 Å². The summed E-state index contributed by atoms with van der Waals surface area (Å²) in [7, 11) is 0. The number of hydrogen-bond donors (Lipinski definition) is 2. The molecule has 0 radical (unpaired) electrons. The molecule has 0 bridgehead atoms. The van der Waals surface area contributed by atoms with Crippen molar-refractivity contribution in [2.24, 2.45) is 5.41 Å². The van der Waals surface area contributed by atoms with Crippen molar-refractivity contribution >= 4 is 11.9 Å². The zero-order chi connectivity index (χ0) is 12.7. The highest BCUT2D eigenvalue weighted by Crippen LogP contribution is 2.43. The Balaban J connectivity index is 2.37. The van der Waals surface area contributed by atoms with Crippen LogP contribution in [0.2, 0.25) is 0 Å². The maximum Gasteiger partial charge on any atom is 0.303 e. The highest BCUT2D eigenvalue weighted by Gasteiger charge is 2.38. The van der Waals surface area contributed by atoms with Crippen molar-refractivity contribution in [3.8, 4) is 0 Å². The predicted octanol–water partition coefficient (Wildman–Crippen LogP) is 1.88. The average molecular weight is 237 g/mol. The molecule has 94 valence electrons. The van der Waals surface area contributed by atoms with Crippen LogP contribution in [0.15, 0.2) is 24.3 Å². The van der Waals surface area contributed by atoms with Gasteiger partial charge in [-0.2, -0.15) is 0 Å². The number of carboxylic acids is 1. The summed E-state index contributed by atoms with van der Waals surface area (Å²) >= 11 is 0. The normalized spacial score (nSPS) is 18.2. The number of rotatable bonds is 6. The van der Waals surface area contributed by atoms with Gasteiger partial charge in [0.1, 0.15) is 0 Å². The number of aliphatic carboxylic acids is 1. The maximum atomic E-state index is 11.4. The van der Waals surface area contributed by atoms with Crippen molar-refractivity contribution in [1.29, 1.82) is 0 Å². The van der Waals surface area contributed by atoms with Crippen LogP contribution in [0.1, 0.15) is 32.6 Å². The van der Waals surface area contributed by atoms with Crippen LogP contribution in [0, 0.1) is 5.41 Å². The van der Waals surface area contributed by atoms with E-state index in [-0.39, 0.29) is 17.7 Å². The molecule has 0 heterocycles. The number of amides is 1. The second-order valence-corrected chi connectivity index (χ2v) is 4.53. The summed E-state index contributed by atoms with van der Waals surface area (Å²) in [6.45, 7) is 2.33. The van der Waals surface area contributed by atoms with E-state index in [0.29, 0.717) is 6.54 Å². The van der Waals surface area contributed by atoms with Crippen LogP contribution in [-0.4, -0.2) is 23.5 Å². The number of nitrogens with one attached hydrogen (secondary N) is 1. The number of allylic oxidation sites excluding steroid dienone is 3. The lowest BCUT2D eigenvalue weighted by molar-refractivity contribution is -0.141. The summed E-state index contributed by atoms with van der Waals surface area (Å²) in [5.41, 5.74) is -0.212. The van der Waals surface area contributed by atoms with Crippen molar-refractivity contribution < 1.29 is 14.7 Å². The van der Waals surface area contributed by atoms with Crippen molar-refractivity contribution in [3.63, 3.8) is 0 Å². The Morgan fingerprint density at radius 2 is 2.06 bits per heavy atom. The Bertz CT molecular complexity index is 341. The van der Waals surface area contributed by atoms with Gasteiger partial charge < -0.3 is 10.4 Å². The van der Waals surface area contributed by atoms with Gasteiger partial charge in [-0.3, -0.25) is 9.59 Å². The molecule has 0 unspecified atom stereocenters. The van der Waals surface area contributed by atoms with Crippen LogP contribution in [0.25, 0.3) is 0 Å². The van der Waals surface area contributed by atoms with Gasteiger partial charge in [0.25, 0.3) is 0 Å². The van der Waals surface area contributed by atoms with Gasteiger partial charge in [0, 0.05) is 12.6 Å². The number of carbonyl (C=O) groups excluding carboxylic acids is 1. The minimum absolute atomic E-state index is 0.145. The second kappa shape index (κ2) is 6.23. The minimum Gasteiger partial charge on any atom is -0.481 e. The summed E-state index contributed by atoms with van der Waals surface area (Å²) in [6.07, 6.45) is 9.70. The lowest BCUT2D eigenvalue weighted by atomic mass is 9.66. The molecule has 1 amide bonds. The first-order valence-electron chi connectivity index (χ1n) is 5.87. The third kappa shape index (κ3) is 4.43. The average Bonchev–Trinajstić information content (AvgIpc) is 2.22. The quantitative estimate of drug-likeness (QED) is 0.547. The molecular formula is C13H19NO3. The molecule has 17 heavy (non-hydrogen) atoms. The highest BCUT2D eigenvalue weighted by atomic mass is 16.4. The molecule has 0 aromatic heterocycles. The van der Waals surface area contributed by atoms with E-state index >= 15 is 0 Å². The van der Waals surface area contributed by atoms with Gasteiger partial charge in [-0.1, -0.05) is 24.6 Å². The van der Waals surface area contributed by atoms with E-state index in [1.807, 2.05) is 13.0 Å². The van der Waals surface area contributed by atoms with E-state index in [0.717, 1.165) is 19.3 Å². The first-order chi connectivity index (χ1) is 8.08. The molecule has 1 fully saturated rings. The molecule has 1 rings (SSSR count). The summed E-state index contributed by atoms with van der Waals surface area (Å²) < 4.78 is 0. The number of carbonyl (C=O) groups is 2. The summed E-state index contributed by atoms with van der Waals surface area (Å²) in [6, 6.07) is 0. The van der Waals surface area contributed by atoms with Gasteiger partial charge >= 0.3 is 5.97 Å². The molecule has 0 spiro atoms. The zero-order valence-electron chi connectivity index (χ0n) is 10.1. The van der Waals surface area contributed by atoms with Crippen molar-refractivity contribution in [1.82, 2.24) is 5.32 Å². The molecule has 0 saturated heterocycles. The van der Waals surface area contributed by atoms with E-state index in [1.165, 1.54) is 6.08 Å². The monoisotopic (exact) mass is 237 g/mol. The summed E-state index contributed by atoms with van der Waals surface area (Å²) in [5.74, 6) is -0.955. The Morgan fingerprint density at radius 1 is 1.35 bits per heavy atom. The maximum absolute atomic E-state index is 11.4. The molecule has 4 heteroatoms. The Hall–Kier alpha value is -1.58. The number of hydrogen-bond acceptors (Lipinski definition) is 2. The largest absolute Gasteiger partial charge is 0.481 e. The molecule has 0 aromatic carbocycles. The van der Waals surface area contributed by atoms with Crippen molar-refractivity contribution in [2.45, 2.75) is 32.6 Å². The Labute approximate surface area is 101 Å². The fourth-order valence-electron chi connectivity index (χ4n) is 2.00. The molecule has 1 aliphatic rings. The molecule has 4 nitrogen and oxygen atoms in total. The van der Waals surface area contributed by atoms with Gasteiger partial charge in [-0.25, -0.2) is 0 Å². The van der Waals surface area contributed by atoms with Crippen LogP contribution in [-0.2, 0) is 9.59 Å². The molecule has 1 saturated carbocycles. The molecule has 2 N–H and O–H groups in total. The third-order valence-electron chi connectivity index (χ3n) is 3.13. The van der Waals surface area contributed by atoms with Crippen LogP contribution >= 0.6 is 0 Å². The standard InChI is InChI=1S/C13H19NO3/c1-2-3-4-6-11(15)14-10-13(7-5-8-13)9-12(16)17/h2-4,6H,5,7-10H2,1H3,(H,14,15)(H,16,17)/b3-2+,6-4?. The Morgan fingerprint density at radius 3 is 2.53 bits per heavy atom. The van der Waals surface area contributed by atoms with Crippen LogP contribution in [0.3, 0.4) is 0 Å². The molecular weight excluding hydrogens is 218 g/mol. The SMILES string of the molecule is C/C=C/C=CC(=O)NCC1(CC(=O)O)CCC1. The van der Waals surface area contributed by atoms with E-state index in [1.54, 1.807) is 12.2 Å². The van der Waals surface area contributed by atoms with Gasteiger partial charge in [-0.05, 0) is 25.2 Å². The fraction of sp³-hybridized carbons (Fsp3) is 0.538. The van der Waals surface area contributed by atoms with Crippen LogP contribution in [0.4, 0.5) is 0 Å². The lowest BCUT2D eigenvalue weighted by Gasteiger charge is -2.40. The lowest BCUT2D eigenvalue weighted by Crippen LogP contribution is -2.43. The molecule has 1 aliphatic carbocycles. The second-order valence-electron chi connectivity index (χ2n) is 4.53. The molecule has 0 aliphatic heterocycles. The van der Waals surface area contributed by atoms with Crippen LogP contribution < -0.4 is 5.32 Å². The van der Waals surface area contributed by atoms with E-state index in [4.69, 9.17) is 5.11 Å². The smallest absolute Gasteiger partial charge is 0.303 e. The van der Waals surface area contributed by atoms with Gasteiger partial charge in [-0.15, -0.1) is 0 Å². The molecule has 0 atom stereocenters.